The Labute approximate surface area is 108 Å². The lowest BCUT2D eigenvalue weighted by molar-refractivity contribution is -0.893. The molecule has 1 N–H and O–H groups in total. The van der Waals surface area contributed by atoms with Gasteiger partial charge in [-0.1, -0.05) is 0 Å². The number of nitrogens with zero attached hydrogens (tertiary/aromatic N) is 1. The smallest absolute Gasteiger partial charge is 0.466 e. The quantitative estimate of drug-likeness (QED) is 0.623. The fraction of sp³-hybridized carbons (Fsp3) is 0.846. The van der Waals surface area contributed by atoms with Crippen molar-refractivity contribution in [2.75, 3.05) is 19.7 Å². The number of carboxylic acid groups (broad SMARTS) is 1. The zero-order chi connectivity index (χ0) is 14.0. The van der Waals surface area contributed by atoms with Gasteiger partial charge in [-0.2, -0.15) is 4.79 Å². The van der Waals surface area contributed by atoms with Crippen molar-refractivity contribution in [2.45, 2.75) is 46.1 Å². The van der Waals surface area contributed by atoms with Gasteiger partial charge in [0.05, 0.1) is 26.1 Å². The van der Waals surface area contributed by atoms with Crippen LogP contribution in [0.15, 0.2) is 0 Å². The Hall–Kier alpha value is -1.10. The molecule has 1 rings (SSSR count). The first-order valence-electron chi connectivity index (χ1n) is 6.49. The van der Waals surface area contributed by atoms with Crippen LogP contribution in [0.4, 0.5) is 4.79 Å². The molecular weight excluding hydrogens is 234 g/mol. The summed E-state index contributed by atoms with van der Waals surface area (Å²) in [5.74, 6) is -0.110. The van der Waals surface area contributed by atoms with E-state index in [1.54, 1.807) is 6.92 Å². The molecule has 104 valence electrons. The van der Waals surface area contributed by atoms with Crippen LogP contribution in [0.5, 0.6) is 0 Å². The first-order chi connectivity index (χ1) is 8.23. The Bertz CT molecular complexity index is 334. The van der Waals surface area contributed by atoms with Gasteiger partial charge in [-0.25, -0.2) is 4.48 Å². The monoisotopic (exact) mass is 258 g/mol. The molecule has 5 heteroatoms. The van der Waals surface area contributed by atoms with Crippen LogP contribution in [0.1, 0.15) is 40.5 Å². The van der Waals surface area contributed by atoms with Crippen molar-refractivity contribution in [3.63, 3.8) is 0 Å². The molecule has 0 saturated carbocycles. The number of amides is 1. The maximum Gasteiger partial charge on any atom is 0.513 e. The van der Waals surface area contributed by atoms with E-state index in [-0.39, 0.29) is 21.9 Å². The summed E-state index contributed by atoms with van der Waals surface area (Å²) in [6.45, 7) is 9.07. The zero-order valence-electron chi connectivity index (χ0n) is 11.7. The van der Waals surface area contributed by atoms with Crippen LogP contribution < -0.4 is 0 Å². The van der Waals surface area contributed by atoms with Crippen LogP contribution in [0.2, 0.25) is 0 Å². The molecule has 1 heterocycles. The number of quaternary nitrogens is 1. The number of rotatable bonds is 3. The van der Waals surface area contributed by atoms with Gasteiger partial charge in [-0.15, -0.1) is 0 Å². The highest BCUT2D eigenvalue weighted by atomic mass is 16.5. The van der Waals surface area contributed by atoms with E-state index in [9.17, 15) is 14.7 Å². The van der Waals surface area contributed by atoms with E-state index in [2.05, 4.69) is 0 Å². The zero-order valence-corrected chi connectivity index (χ0v) is 11.7. The lowest BCUT2D eigenvalue weighted by atomic mass is 10.0. The van der Waals surface area contributed by atoms with Gasteiger partial charge in [-0.05, 0) is 27.7 Å². The van der Waals surface area contributed by atoms with Crippen LogP contribution in [0, 0.1) is 5.92 Å². The lowest BCUT2D eigenvalue weighted by Gasteiger charge is -2.40. The summed E-state index contributed by atoms with van der Waals surface area (Å²) < 4.78 is 4.96. The van der Waals surface area contributed by atoms with Crippen LogP contribution in [0.25, 0.3) is 0 Å². The predicted molar refractivity (Wildman–Crippen MR) is 67.1 cm³/mol. The molecule has 1 saturated heterocycles. The van der Waals surface area contributed by atoms with Crippen molar-refractivity contribution in [2.24, 2.45) is 5.92 Å². The maximum absolute atomic E-state index is 11.6. The lowest BCUT2D eigenvalue weighted by Crippen LogP contribution is -2.61. The Morgan fingerprint density at radius 2 is 2.00 bits per heavy atom. The van der Waals surface area contributed by atoms with Gasteiger partial charge in [-0.3, -0.25) is 4.79 Å². The van der Waals surface area contributed by atoms with Crippen LogP contribution in [0.3, 0.4) is 0 Å². The number of esters is 1. The topological polar surface area (TPSA) is 63.6 Å². The van der Waals surface area contributed by atoms with Crippen molar-refractivity contribution in [1.29, 1.82) is 0 Å². The van der Waals surface area contributed by atoms with Crippen molar-refractivity contribution in [3.05, 3.63) is 0 Å². The van der Waals surface area contributed by atoms with Crippen molar-refractivity contribution < 1.29 is 23.9 Å². The molecule has 0 bridgehead atoms. The first-order valence-corrected chi connectivity index (χ1v) is 6.49. The predicted octanol–water partition coefficient (Wildman–Crippen LogP) is 2.25. The second-order valence-electron chi connectivity index (χ2n) is 5.99. The molecule has 5 nitrogen and oxygen atoms in total. The second kappa shape index (κ2) is 5.26. The molecule has 1 aliphatic heterocycles. The van der Waals surface area contributed by atoms with E-state index in [0.717, 1.165) is 6.42 Å². The van der Waals surface area contributed by atoms with Gasteiger partial charge >= 0.3 is 12.1 Å². The van der Waals surface area contributed by atoms with Gasteiger partial charge in [0.25, 0.3) is 0 Å². The Balaban J connectivity index is 2.73. The molecule has 0 aliphatic carbocycles. The molecule has 1 unspecified atom stereocenters. The molecule has 2 atom stereocenters. The SMILES string of the molecule is CCOC(=O)C[C@@H]1CC[N+](C(=O)O)(C(C)(C)C)C1. The number of ether oxygens (including phenoxy) is 1. The van der Waals surface area contributed by atoms with Crippen LogP contribution in [-0.2, 0) is 9.53 Å². The van der Waals surface area contributed by atoms with Gasteiger partial charge in [0.1, 0.15) is 5.54 Å². The molecule has 1 fully saturated rings. The fourth-order valence-electron chi connectivity index (χ4n) is 2.72. The maximum atomic E-state index is 11.6. The van der Waals surface area contributed by atoms with Crippen molar-refractivity contribution in [3.8, 4) is 0 Å². The molecular formula is C13H24NO4+. The average Bonchev–Trinajstić information content (AvgIpc) is 2.62. The third kappa shape index (κ3) is 2.83. The molecule has 0 radical (unpaired) electrons. The Morgan fingerprint density at radius 3 is 2.39 bits per heavy atom. The highest BCUT2D eigenvalue weighted by Crippen LogP contribution is 2.35. The van der Waals surface area contributed by atoms with E-state index in [4.69, 9.17) is 4.74 Å². The first kappa shape index (κ1) is 15.0. The van der Waals surface area contributed by atoms with E-state index < -0.39 is 6.09 Å². The van der Waals surface area contributed by atoms with Gasteiger partial charge in [0.15, 0.2) is 0 Å². The van der Waals surface area contributed by atoms with E-state index in [0.29, 0.717) is 26.1 Å². The largest absolute Gasteiger partial charge is 0.513 e. The molecule has 0 spiro atoms. The summed E-state index contributed by atoms with van der Waals surface area (Å²) in [5, 5.41) is 9.51. The number of carbonyl (C=O) groups is 2. The molecule has 0 aromatic heterocycles. The minimum atomic E-state index is -0.797. The van der Waals surface area contributed by atoms with Gasteiger partial charge in [0.2, 0.25) is 0 Å². The van der Waals surface area contributed by atoms with E-state index >= 15 is 0 Å². The summed E-state index contributed by atoms with van der Waals surface area (Å²) in [6, 6.07) is 0. The molecule has 0 aromatic rings. The summed E-state index contributed by atoms with van der Waals surface area (Å²) in [7, 11) is 0. The van der Waals surface area contributed by atoms with E-state index in [1.165, 1.54) is 0 Å². The summed E-state index contributed by atoms with van der Waals surface area (Å²) in [4.78, 5) is 23.0. The standard InChI is InChI=1S/C13H23NO4/c1-5-18-11(15)8-10-6-7-14(9-10,12(16)17)13(2,3)4/h10H,5-9H2,1-4H3/p+1/t10-,14?/m0/s1. The minimum Gasteiger partial charge on any atom is -0.466 e. The van der Waals surface area contributed by atoms with Crippen molar-refractivity contribution >= 4 is 12.1 Å². The molecule has 1 aliphatic rings. The number of likely N-dealkylation sites (tertiary alicyclic amines) is 1. The van der Waals surface area contributed by atoms with Gasteiger partial charge < -0.3 is 9.84 Å². The Kier molecular flexibility index (Phi) is 4.37. The van der Waals surface area contributed by atoms with E-state index in [1.807, 2.05) is 20.8 Å². The van der Waals surface area contributed by atoms with Crippen LogP contribution in [-0.4, -0.2) is 46.9 Å². The second-order valence-corrected chi connectivity index (χ2v) is 5.99. The molecule has 18 heavy (non-hydrogen) atoms. The third-order valence-corrected chi connectivity index (χ3v) is 3.90. The highest BCUT2D eigenvalue weighted by molar-refractivity contribution is 5.69. The summed E-state index contributed by atoms with van der Waals surface area (Å²) in [5.41, 5.74) is -0.352. The Morgan fingerprint density at radius 1 is 1.39 bits per heavy atom. The fourth-order valence-corrected chi connectivity index (χ4v) is 2.72. The molecule has 1 amide bonds. The number of hydrogen-bond acceptors (Lipinski definition) is 3. The summed E-state index contributed by atoms with van der Waals surface area (Å²) >= 11 is 0. The minimum absolute atomic E-state index is 0.0388. The summed E-state index contributed by atoms with van der Waals surface area (Å²) in [6.07, 6.45) is 0.299. The average molecular weight is 258 g/mol. The molecule has 0 aromatic carbocycles. The highest BCUT2D eigenvalue weighted by Gasteiger charge is 2.53. The third-order valence-electron chi connectivity index (χ3n) is 3.90. The van der Waals surface area contributed by atoms with Crippen molar-refractivity contribution in [1.82, 2.24) is 0 Å². The van der Waals surface area contributed by atoms with Gasteiger partial charge in [0, 0.05) is 12.3 Å². The normalized spacial score (nSPS) is 28.1. The van der Waals surface area contributed by atoms with Crippen LogP contribution >= 0.6 is 0 Å². The number of carbonyl (C=O) groups excluding carboxylic acids is 1. The number of hydrogen-bond donors (Lipinski definition) is 1.